The quantitative estimate of drug-likeness (QED) is 0.154. The lowest BCUT2D eigenvalue weighted by Gasteiger charge is -2.39. The van der Waals surface area contributed by atoms with Crippen LogP contribution >= 0.6 is 0 Å². The van der Waals surface area contributed by atoms with Gasteiger partial charge in [-0.25, -0.2) is 19.9 Å². The molecule has 0 amide bonds. The molecule has 4 nitrogen and oxygen atoms in total. The number of hydrogen-bond acceptors (Lipinski definition) is 4. The number of rotatable bonds is 8. The zero-order valence-corrected chi connectivity index (χ0v) is 34.5. The zero-order valence-electron chi connectivity index (χ0n) is 34.5. The van der Waals surface area contributed by atoms with E-state index in [1.54, 1.807) is 0 Å². The van der Waals surface area contributed by atoms with Gasteiger partial charge in [-0.1, -0.05) is 213 Å². The maximum absolute atomic E-state index is 5.25. The highest BCUT2D eigenvalue weighted by atomic mass is 14.9. The number of nitrogens with zero attached hydrogens (tertiary/aromatic N) is 4. The Morgan fingerprint density at radius 3 is 1.15 bits per heavy atom. The van der Waals surface area contributed by atoms with Gasteiger partial charge in [-0.15, -0.1) is 0 Å². The molecule has 0 spiro atoms. The highest BCUT2D eigenvalue weighted by Crippen LogP contribution is 2.46. The Labute approximate surface area is 362 Å². The third kappa shape index (κ3) is 7.04. The lowest BCUT2D eigenvalue weighted by molar-refractivity contribution is 0.346. The Morgan fingerprint density at radius 1 is 0.306 bits per heavy atom. The predicted octanol–water partition coefficient (Wildman–Crippen LogP) is 14.8. The van der Waals surface area contributed by atoms with Gasteiger partial charge in [0.25, 0.3) is 0 Å². The Balaban J connectivity index is 0.966. The lowest BCUT2D eigenvalue weighted by Crippen LogP contribution is -2.30. The molecule has 10 aromatic rings. The maximum atomic E-state index is 5.25. The molecule has 0 bridgehead atoms. The second kappa shape index (κ2) is 16.1. The first-order valence-electron chi connectivity index (χ1n) is 21.8. The summed E-state index contributed by atoms with van der Waals surface area (Å²) in [4.78, 5) is 20.9. The summed E-state index contributed by atoms with van der Waals surface area (Å²) in [6.07, 6.45) is 5.84. The normalized spacial score (nSPS) is 13.6. The molecule has 11 rings (SSSR count). The fourth-order valence-electron chi connectivity index (χ4n) is 9.62. The van der Waals surface area contributed by atoms with Gasteiger partial charge < -0.3 is 0 Å². The number of benzene rings is 8. The van der Waals surface area contributed by atoms with Gasteiger partial charge >= 0.3 is 0 Å². The Hall–Kier alpha value is -7.56. The summed E-state index contributed by atoms with van der Waals surface area (Å²) in [5.74, 6) is 1.45. The maximum Gasteiger partial charge on any atom is 0.160 e. The SMILES string of the molecule is c1ccc(-c2cc(-c3cccc4ccccc34)nc(-c3ccc(C4(c5ccc(-c6nc(-c7ccccc7)cc(-c7cccc8ccccc78)n6)cc5)CCCCC4)cc3)n2)cc1. The van der Waals surface area contributed by atoms with E-state index >= 15 is 0 Å². The van der Waals surface area contributed by atoms with Crippen molar-refractivity contribution in [2.45, 2.75) is 37.5 Å². The minimum atomic E-state index is -0.100. The van der Waals surface area contributed by atoms with Crippen LogP contribution in [0.3, 0.4) is 0 Å². The molecule has 4 heteroatoms. The van der Waals surface area contributed by atoms with Crippen molar-refractivity contribution in [3.8, 4) is 67.8 Å². The largest absolute Gasteiger partial charge is 0.228 e. The van der Waals surface area contributed by atoms with Crippen LogP contribution in [0.15, 0.2) is 206 Å². The summed E-state index contributed by atoms with van der Waals surface area (Å²) in [5.41, 5.74) is 12.6. The standard InChI is InChI=1S/C58H44N4/c1-4-18-42(19-5-1)52-38-54(50-26-14-22-40-16-8-10-24-48(40)50)61-56(59-52)44-28-32-46(33-29-44)58(36-12-3-13-37-58)47-34-30-45(31-35-47)57-60-53(43-20-6-2-7-21-43)39-55(62-57)51-27-15-23-41-17-9-11-25-49(41)51/h1-2,4-11,14-35,38-39H,3,12-13,36-37H2. The molecule has 8 aromatic carbocycles. The van der Waals surface area contributed by atoms with E-state index < -0.39 is 0 Å². The highest BCUT2D eigenvalue weighted by Gasteiger charge is 2.36. The molecular formula is C58H44N4. The van der Waals surface area contributed by atoms with Crippen molar-refractivity contribution in [2.24, 2.45) is 0 Å². The zero-order chi connectivity index (χ0) is 41.3. The van der Waals surface area contributed by atoms with Crippen molar-refractivity contribution in [1.29, 1.82) is 0 Å². The number of aromatic nitrogens is 4. The summed E-state index contributed by atoms with van der Waals surface area (Å²) in [6.45, 7) is 0. The number of fused-ring (bicyclic) bond motifs is 2. The monoisotopic (exact) mass is 796 g/mol. The van der Waals surface area contributed by atoms with Crippen LogP contribution in [0.4, 0.5) is 0 Å². The van der Waals surface area contributed by atoms with Crippen molar-refractivity contribution in [1.82, 2.24) is 19.9 Å². The minimum Gasteiger partial charge on any atom is -0.228 e. The summed E-state index contributed by atoms with van der Waals surface area (Å²) >= 11 is 0. The second-order valence-corrected chi connectivity index (χ2v) is 16.5. The Kier molecular flexibility index (Phi) is 9.74. The first-order valence-corrected chi connectivity index (χ1v) is 21.8. The lowest BCUT2D eigenvalue weighted by atomic mass is 9.65. The first kappa shape index (κ1) is 37.4. The molecule has 2 aromatic heterocycles. The van der Waals surface area contributed by atoms with Gasteiger partial charge in [-0.05, 0) is 57.6 Å². The van der Waals surface area contributed by atoms with Crippen molar-refractivity contribution >= 4 is 21.5 Å². The van der Waals surface area contributed by atoms with Crippen molar-refractivity contribution < 1.29 is 0 Å². The van der Waals surface area contributed by atoms with Gasteiger partial charge in [0.1, 0.15) is 0 Å². The van der Waals surface area contributed by atoms with Gasteiger partial charge in [0.2, 0.25) is 0 Å². The van der Waals surface area contributed by atoms with E-state index in [1.807, 2.05) is 12.1 Å². The van der Waals surface area contributed by atoms with Gasteiger partial charge in [-0.3, -0.25) is 0 Å². The van der Waals surface area contributed by atoms with Gasteiger partial charge in [0.05, 0.1) is 22.8 Å². The van der Waals surface area contributed by atoms with E-state index in [9.17, 15) is 0 Å². The Morgan fingerprint density at radius 2 is 0.694 bits per heavy atom. The van der Waals surface area contributed by atoms with Crippen LogP contribution in [0.25, 0.3) is 89.4 Å². The summed E-state index contributed by atoms with van der Waals surface area (Å²) in [6, 6.07) is 73.3. The van der Waals surface area contributed by atoms with Crippen LogP contribution in [0, 0.1) is 0 Å². The molecule has 1 fully saturated rings. The fourth-order valence-corrected chi connectivity index (χ4v) is 9.62. The molecular weight excluding hydrogens is 753 g/mol. The molecule has 0 aliphatic heterocycles. The molecule has 1 aliphatic rings. The van der Waals surface area contributed by atoms with Gasteiger partial charge in [0.15, 0.2) is 11.6 Å². The molecule has 296 valence electrons. The molecule has 0 atom stereocenters. The fraction of sp³-hybridized carbons (Fsp3) is 0.103. The number of hydrogen-bond donors (Lipinski definition) is 0. The van der Waals surface area contributed by atoms with Crippen LogP contribution in [0.2, 0.25) is 0 Å². The molecule has 0 unspecified atom stereocenters. The smallest absolute Gasteiger partial charge is 0.160 e. The van der Waals surface area contributed by atoms with Crippen molar-refractivity contribution in [2.75, 3.05) is 0 Å². The van der Waals surface area contributed by atoms with E-state index in [0.29, 0.717) is 0 Å². The predicted molar refractivity (Wildman–Crippen MR) is 256 cm³/mol. The topological polar surface area (TPSA) is 51.6 Å². The van der Waals surface area contributed by atoms with Crippen LogP contribution in [-0.2, 0) is 5.41 Å². The second-order valence-electron chi connectivity index (χ2n) is 16.5. The van der Waals surface area contributed by atoms with Crippen molar-refractivity contribution in [3.05, 3.63) is 217 Å². The van der Waals surface area contributed by atoms with Gasteiger partial charge in [0, 0.05) is 38.8 Å². The molecule has 0 saturated heterocycles. The van der Waals surface area contributed by atoms with E-state index in [-0.39, 0.29) is 5.41 Å². The van der Waals surface area contributed by atoms with Gasteiger partial charge in [-0.2, -0.15) is 0 Å². The third-order valence-corrected chi connectivity index (χ3v) is 12.8. The first-order chi connectivity index (χ1) is 30.7. The molecule has 1 saturated carbocycles. The summed E-state index contributed by atoms with van der Waals surface area (Å²) < 4.78 is 0. The average Bonchev–Trinajstić information content (AvgIpc) is 3.36. The van der Waals surface area contributed by atoms with E-state index in [2.05, 4.69) is 194 Å². The highest BCUT2D eigenvalue weighted by molar-refractivity contribution is 5.97. The van der Waals surface area contributed by atoms with Crippen LogP contribution in [0.5, 0.6) is 0 Å². The summed E-state index contributed by atoms with van der Waals surface area (Å²) in [7, 11) is 0. The Bertz CT molecular complexity index is 2970. The van der Waals surface area contributed by atoms with E-state index in [0.717, 1.165) is 80.6 Å². The van der Waals surface area contributed by atoms with Crippen LogP contribution in [-0.4, -0.2) is 19.9 Å². The molecule has 1 aliphatic carbocycles. The summed E-state index contributed by atoms with van der Waals surface area (Å²) in [5, 5.41) is 4.75. The minimum absolute atomic E-state index is 0.100. The average molecular weight is 797 g/mol. The van der Waals surface area contributed by atoms with E-state index in [1.165, 1.54) is 51.9 Å². The molecule has 0 N–H and O–H groups in total. The van der Waals surface area contributed by atoms with Crippen LogP contribution < -0.4 is 0 Å². The third-order valence-electron chi connectivity index (χ3n) is 12.8. The van der Waals surface area contributed by atoms with E-state index in [4.69, 9.17) is 19.9 Å². The van der Waals surface area contributed by atoms with Crippen LogP contribution in [0.1, 0.15) is 43.2 Å². The van der Waals surface area contributed by atoms with Crippen molar-refractivity contribution in [3.63, 3.8) is 0 Å². The molecule has 62 heavy (non-hydrogen) atoms. The molecule has 2 heterocycles. The molecule has 0 radical (unpaired) electrons.